The molecule has 0 radical (unpaired) electrons. The van der Waals surface area contributed by atoms with Crippen molar-refractivity contribution in [1.82, 2.24) is 0 Å². The molecule has 0 rings (SSSR count). The summed E-state index contributed by atoms with van der Waals surface area (Å²) in [5.74, 6) is 0.936. The van der Waals surface area contributed by atoms with Crippen molar-refractivity contribution in [2.45, 2.75) is 395 Å². The standard InChI is InChI=1S/C75H146O17P2/c1-9-68(8)54-46-38-30-22-17-19-25-33-42-50-58-75(80)92-71(62-86-73(78)56-48-40-34-26-29-37-45-53-67(6)7)64-90-94(83,84)88-60-69(76)59-87-93(81,82)89-63-70(91-74(79)57-49-41-32-24-18-16-21-28-36-44-52-66(4)5)61-85-72(77)55-47-39-31-23-15-13-11-10-12-14-20-27-35-43-51-65(2)3/h65-71,76H,9-64H2,1-8H3,(H,81,82)(H,83,84)/t68?,69?,70-,71-/m1/s1. The monoisotopic (exact) mass is 1380 g/mol. The van der Waals surface area contributed by atoms with Gasteiger partial charge in [-0.25, -0.2) is 9.13 Å². The largest absolute Gasteiger partial charge is 0.472 e. The first-order valence-corrected chi connectivity index (χ1v) is 41.7. The minimum atomic E-state index is -4.96. The van der Waals surface area contributed by atoms with Gasteiger partial charge in [0, 0.05) is 25.7 Å². The van der Waals surface area contributed by atoms with Gasteiger partial charge in [-0.15, -0.1) is 0 Å². The third-order valence-corrected chi connectivity index (χ3v) is 19.6. The molecule has 0 aliphatic heterocycles. The summed E-state index contributed by atoms with van der Waals surface area (Å²) in [7, 11) is -9.91. The smallest absolute Gasteiger partial charge is 0.462 e. The Balaban J connectivity index is 5.25. The van der Waals surface area contributed by atoms with Gasteiger partial charge in [0.1, 0.15) is 19.3 Å². The highest BCUT2D eigenvalue weighted by Gasteiger charge is 2.30. The average Bonchev–Trinajstić information content (AvgIpc) is 1.21. The van der Waals surface area contributed by atoms with Crippen molar-refractivity contribution in [3.05, 3.63) is 0 Å². The average molecular weight is 1380 g/mol. The minimum Gasteiger partial charge on any atom is -0.462 e. The van der Waals surface area contributed by atoms with E-state index in [0.29, 0.717) is 31.6 Å². The van der Waals surface area contributed by atoms with Crippen molar-refractivity contribution in [2.24, 2.45) is 23.7 Å². The summed E-state index contributed by atoms with van der Waals surface area (Å²) in [4.78, 5) is 72.8. The van der Waals surface area contributed by atoms with Crippen LogP contribution in [0.15, 0.2) is 0 Å². The van der Waals surface area contributed by atoms with Crippen LogP contribution >= 0.6 is 15.6 Å². The van der Waals surface area contributed by atoms with Gasteiger partial charge in [0.15, 0.2) is 12.2 Å². The number of rotatable bonds is 72. The fraction of sp³-hybridized carbons (Fsp3) is 0.947. The van der Waals surface area contributed by atoms with Crippen LogP contribution in [-0.4, -0.2) is 96.7 Å². The number of phosphoric ester groups is 2. The van der Waals surface area contributed by atoms with Crippen LogP contribution in [0.2, 0.25) is 0 Å². The van der Waals surface area contributed by atoms with Crippen molar-refractivity contribution in [3.63, 3.8) is 0 Å². The third-order valence-electron chi connectivity index (χ3n) is 17.7. The Labute approximate surface area is 575 Å². The number of unbranched alkanes of at least 4 members (excludes halogenated alkanes) is 37. The number of aliphatic hydroxyl groups excluding tert-OH is 1. The molecule has 17 nitrogen and oxygen atoms in total. The van der Waals surface area contributed by atoms with E-state index < -0.39 is 97.5 Å². The van der Waals surface area contributed by atoms with Gasteiger partial charge in [-0.2, -0.15) is 0 Å². The molecular weight excluding hydrogens is 1230 g/mol. The molecule has 0 aromatic carbocycles. The fourth-order valence-corrected chi connectivity index (χ4v) is 12.9. The molecule has 0 amide bonds. The second-order valence-electron chi connectivity index (χ2n) is 28.7. The van der Waals surface area contributed by atoms with Gasteiger partial charge in [0.2, 0.25) is 0 Å². The maximum absolute atomic E-state index is 13.1. The zero-order valence-electron chi connectivity index (χ0n) is 61.6. The molecule has 558 valence electrons. The molecule has 0 saturated heterocycles. The molecule has 0 aliphatic carbocycles. The molecule has 0 bridgehead atoms. The highest BCUT2D eigenvalue weighted by Crippen LogP contribution is 2.45. The highest BCUT2D eigenvalue weighted by molar-refractivity contribution is 7.47. The topological polar surface area (TPSA) is 237 Å². The number of esters is 4. The van der Waals surface area contributed by atoms with Gasteiger partial charge >= 0.3 is 39.5 Å². The van der Waals surface area contributed by atoms with E-state index in [1.165, 1.54) is 173 Å². The van der Waals surface area contributed by atoms with Crippen molar-refractivity contribution in [1.29, 1.82) is 0 Å². The van der Waals surface area contributed by atoms with Crippen molar-refractivity contribution in [2.75, 3.05) is 39.6 Å². The van der Waals surface area contributed by atoms with E-state index in [9.17, 15) is 43.2 Å². The molecule has 0 spiro atoms. The predicted octanol–water partition coefficient (Wildman–Crippen LogP) is 21.7. The molecule has 3 N–H and O–H groups in total. The molecule has 0 aliphatic rings. The molecule has 6 atom stereocenters. The summed E-state index contributed by atoms with van der Waals surface area (Å²) in [6.45, 7) is 14.2. The maximum atomic E-state index is 13.1. The van der Waals surface area contributed by atoms with Gasteiger partial charge in [-0.1, -0.05) is 325 Å². The Morgan fingerprint density at radius 1 is 0.298 bits per heavy atom. The van der Waals surface area contributed by atoms with E-state index in [-0.39, 0.29) is 25.7 Å². The summed E-state index contributed by atoms with van der Waals surface area (Å²) >= 11 is 0. The Bertz CT molecular complexity index is 1850. The molecule has 0 saturated carbocycles. The normalized spacial score (nSPS) is 14.4. The van der Waals surface area contributed by atoms with Crippen LogP contribution in [0.25, 0.3) is 0 Å². The lowest BCUT2D eigenvalue weighted by atomic mass is 9.99. The van der Waals surface area contributed by atoms with Crippen LogP contribution in [0.1, 0.15) is 376 Å². The zero-order valence-corrected chi connectivity index (χ0v) is 63.4. The molecule has 4 unspecified atom stereocenters. The third kappa shape index (κ3) is 67.3. The first kappa shape index (κ1) is 92.1. The van der Waals surface area contributed by atoms with E-state index in [1.54, 1.807) is 0 Å². The van der Waals surface area contributed by atoms with Crippen molar-refractivity contribution < 1.29 is 80.2 Å². The van der Waals surface area contributed by atoms with E-state index in [2.05, 4.69) is 55.4 Å². The molecule has 0 fully saturated rings. The quantitative estimate of drug-likeness (QED) is 0.0222. The number of carbonyl (C=O) groups excluding carboxylic acids is 4. The SMILES string of the molecule is CCC(C)CCCCCCCCCCCCC(=O)O[C@H](COC(=O)CCCCCCCCCC(C)C)COP(=O)(O)OCC(O)COP(=O)(O)OC[C@@H](COC(=O)CCCCCCCCCCCCCCCCC(C)C)OC(=O)CCCCCCCCCCCCC(C)C. The summed E-state index contributed by atoms with van der Waals surface area (Å²) in [6.07, 6.45) is 48.5. The van der Waals surface area contributed by atoms with Crippen molar-refractivity contribution in [3.8, 4) is 0 Å². The van der Waals surface area contributed by atoms with Crippen LogP contribution in [0.5, 0.6) is 0 Å². The predicted molar refractivity (Wildman–Crippen MR) is 381 cm³/mol. The summed E-state index contributed by atoms with van der Waals surface area (Å²) in [5.41, 5.74) is 0. The minimum absolute atomic E-state index is 0.105. The lowest BCUT2D eigenvalue weighted by molar-refractivity contribution is -0.161. The van der Waals surface area contributed by atoms with Crippen LogP contribution in [0.4, 0.5) is 0 Å². The number of hydrogen-bond donors (Lipinski definition) is 3. The molecular formula is C75H146O17P2. The first-order chi connectivity index (χ1) is 45.1. The number of carbonyl (C=O) groups is 4. The van der Waals surface area contributed by atoms with Crippen LogP contribution in [0, 0.1) is 23.7 Å². The summed E-state index contributed by atoms with van der Waals surface area (Å²) in [6, 6.07) is 0. The lowest BCUT2D eigenvalue weighted by Gasteiger charge is -2.21. The molecule has 0 aromatic rings. The Morgan fingerprint density at radius 3 is 0.755 bits per heavy atom. The molecule has 0 aromatic heterocycles. The van der Waals surface area contributed by atoms with Crippen LogP contribution in [0.3, 0.4) is 0 Å². The van der Waals surface area contributed by atoms with E-state index in [1.807, 2.05) is 0 Å². The van der Waals surface area contributed by atoms with E-state index >= 15 is 0 Å². The molecule has 94 heavy (non-hydrogen) atoms. The van der Waals surface area contributed by atoms with Gasteiger partial charge < -0.3 is 33.8 Å². The second-order valence-corrected chi connectivity index (χ2v) is 31.6. The molecule has 19 heteroatoms. The van der Waals surface area contributed by atoms with Crippen LogP contribution < -0.4 is 0 Å². The van der Waals surface area contributed by atoms with E-state index in [0.717, 1.165) is 114 Å². The van der Waals surface area contributed by atoms with Gasteiger partial charge in [-0.3, -0.25) is 37.3 Å². The van der Waals surface area contributed by atoms with Crippen molar-refractivity contribution >= 4 is 39.5 Å². The van der Waals surface area contributed by atoms with Crippen LogP contribution in [-0.2, 0) is 65.4 Å². The zero-order chi connectivity index (χ0) is 69.6. The molecule has 0 heterocycles. The highest BCUT2D eigenvalue weighted by atomic mass is 31.2. The summed E-state index contributed by atoms with van der Waals surface area (Å²) < 4.78 is 68.5. The van der Waals surface area contributed by atoms with E-state index in [4.69, 9.17) is 37.0 Å². The maximum Gasteiger partial charge on any atom is 0.472 e. The number of phosphoric acid groups is 2. The van der Waals surface area contributed by atoms with Gasteiger partial charge in [0.05, 0.1) is 26.4 Å². The Hall–Kier alpha value is -1.94. The second kappa shape index (κ2) is 64.4. The van der Waals surface area contributed by atoms with Gasteiger partial charge in [0.25, 0.3) is 0 Å². The number of aliphatic hydroxyl groups is 1. The Morgan fingerprint density at radius 2 is 0.511 bits per heavy atom. The Kier molecular flexibility index (Phi) is 63.1. The number of hydrogen-bond acceptors (Lipinski definition) is 15. The summed E-state index contributed by atoms with van der Waals surface area (Å²) in [5, 5.41) is 10.6. The number of ether oxygens (including phenoxy) is 4. The fourth-order valence-electron chi connectivity index (χ4n) is 11.3. The van der Waals surface area contributed by atoms with Gasteiger partial charge in [-0.05, 0) is 49.4 Å². The lowest BCUT2D eigenvalue weighted by Crippen LogP contribution is -2.30. The first-order valence-electron chi connectivity index (χ1n) is 38.7.